The Morgan fingerprint density at radius 2 is 1.71 bits per heavy atom. The van der Waals surface area contributed by atoms with Gasteiger partial charge >= 0.3 is 0 Å². The molecule has 0 aliphatic rings. The van der Waals surface area contributed by atoms with Crippen LogP contribution in [-0.2, 0) is 6.54 Å². The third-order valence-corrected chi connectivity index (χ3v) is 3.21. The van der Waals surface area contributed by atoms with Gasteiger partial charge in [-0.25, -0.2) is 0 Å². The maximum atomic E-state index is 10.7. The fourth-order valence-electron chi connectivity index (χ4n) is 2.12. The summed E-state index contributed by atoms with van der Waals surface area (Å²) in [5.74, 6) is 1.39. The van der Waals surface area contributed by atoms with E-state index in [0.717, 1.165) is 23.4 Å². The number of nitro benzene ring substituents is 1. The van der Waals surface area contributed by atoms with E-state index in [1.807, 2.05) is 26.1 Å². The van der Waals surface area contributed by atoms with E-state index < -0.39 is 4.92 Å². The van der Waals surface area contributed by atoms with Crippen LogP contribution in [0.1, 0.15) is 16.7 Å². The Balaban J connectivity index is 2.24. The molecule has 2 rings (SSSR count). The molecule has 0 bridgehead atoms. The van der Waals surface area contributed by atoms with E-state index in [0.29, 0.717) is 5.75 Å². The fourth-order valence-corrected chi connectivity index (χ4v) is 2.12. The first-order valence-electron chi connectivity index (χ1n) is 6.68. The highest BCUT2D eigenvalue weighted by molar-refractivity contribution is 5.46. The van der Waals surface area contributed by atoms with Gasteiger partial charge in [0.25, 0.3) is 5.69 Å². The molecule has 21 heavy (non-hydrogen) atoms. The Kier molecular flexibility index (Phi) is 4.55. The Morgan fingerprint density at radius 1 is 1.10 bits per heavy atom. The summed E-state index contributed by atoms with van der Waals surface area (Å²) in [5, 5.41) is 13.8. The minimum atomic E-state index is -0.408. The first kappa shape index (κ1) is 15.0. The number of non-ortho nitro benzene ring substituents is 1. The maximum Gasteiger partial charge on any atom is 0.269 e. The lowest BCUT2D eigenvalue weighted by Crippen LogP contribution is -2.05. The quantitative estimate of drug-likeness (QED) is 0.672. The average molecular weight is 286 g/mol. The summed E-state index contributed by atoms with van der Waals surface area (Å²) >= 11 is 0. The fraction of sp³-hybridized carbons (Fsp3) is 0.250. The molecule has 2 aromatic carbocycles. The van der Waals surface area contributed by atoms with Gasteiger partial charge in [-0.2, -0.15) is 0 Å². The summed E-state index contributed by atoms with van der Waals surface area (Å²) in [6.07, 6.45) is 0. The topological polar surface area (TPSA) is 64.4 Å². The van der Waals surface area contributed by atoms with Crippen LogP contribution in [0.5, 0.6) is 11.5 Å². The van der Waals surface area contributed by atoms with Crippen LogP contribution < -0.4 is 10.1 Å². The lowest BCUT2D eigenvalue weighted by molar-refractivity contribution is -0.384. The standard InChI is InChI=1S/C16H18N2O3/c1-11-8-13(10-17-3)4-6-15(11)21-16-7-5-14(18(19)20)9-12(16)2/h4-9,17H,10H2,1-3H3. The van der Waals surface area contributed by atoms with E-state index in [1.54, 1.807) is 13.0 Å². The normalized spacial score (nSPS) is 10.4. The van der Waals surface area contributed by atoms with Crippen molar-refractivity contribution in [2.24, 2.45) is 0 Å². The van der Waals surface area contributed by atoms with E-state index in [2.05, 4.69) is 11.4 Å². The first-order valence-corrected chi connectivity index (χ1v) is 6.68. The van der Waals surface area contributed by atoms with Gasteiger partial charge in [-0.3, -0.25) is 10.1 Å². The molecule has 0 aromatic heterocycles. The smallest absolute Gasteiger partial charge is 0.269 e. The maximum absolute atomic E-state index is 10.7. The van der Waals surface area contributed by atoms with Crippen LogP contribution in [0.2, 0.25) is 0 Å². The number of nitrogens with one attached hydrogen (secondary N) is 1. The van der Waals surface area contributed by atoms with Crippen LogP contribution in [-0.4, -0.2) is 12.0 Å². The molecule has 0 unspecified atom stereocenters. The van der Waals surface area contributed by atoms with Gasteiger partial charge in [0.15, 0.2) is 0 Å². The predicted octanol–water partition coefficient (Wildman–Crippen LogP) is 3.72. The van der Waals surface area contributed by atoms with E-state index in [9.17, 15) is 10.1 Å². The summed E-state index contributed by atoms with van der Waals surface area (Å²) in [6.45, 7) is 4.58. The van der Waals surface area contributed by atoms with Gasteiger partial charge in [0, 0.05) is 18.7 Å². The SMILES string of the molecule is CNCc1ccc(Oc2ccc([N+](=O)[O-])cc2C)c(C)c1. The van der Waals surface area contributed by atoms with Gasteiger partial charge in [0.2, 0.25) is 0 Å². The summed E-state index contributed by atoms with van der Waals surface area (Å²) in [5.41, 5.74) is 3.02. The molecule has 5 nitrogen and oxygen atoms in total. The highest BCUT2D eigenvalue weighted by Crippen LogP contribution is 2.30. The van der Waals surface area contributed by atoms with Gasteiger partial charge in [0.05, 0.1) is 4.92 Å². The molecule has 0 aliphatic carbocycles. The lowest BCUT2D eigenvalue weighted by atomic mass is 10.1. The number of aryl methyl sites for hydroxylation is 2. The van der Waals surface area contributed by atoms with Gasteiger partial charge in [-0.05, 0) is 49.7 Å². The van der Waals surface area contributed by atoms with Crippen LogP contribution in [0.4, 0.5) is 5.69 Å². The minimum Gasteiger partial charge on any atom is -0.457 e. The molecule has 2 aromatic rings. The molecule has 0 aliphatic heterocycles. The van der Waals surface area contributed by atoms with E-state index in [-0.39, 0.29) is 5.69 Å². The Morgan fingerprint density at radius 3 is 2.24 bits per heavy atom. The summed E-state index contributed by atoms with van der Waals surface area (Å²) in [7, 11) is 1.90. The Labute approximate surface area is 123 Å². The van der Waals surface area contributed by atoms with Crippen molar-refractivity contribution in [2.75, 3.05) is 7.05 Å². The Hall–Kier alpha value is -2.40. The molecular weight excluding hydrogens is 268 g/mol. The van der Waals surface area contributed by atoms with Gasteiger partial charge < -0.3 is 10.1 Å². The zero-order valence-corrected chi connectivity index (χ0v) is 12.3. The van der Waals surface area contributed by atoms with Crippen molar-refractivity contribution in [3.8, 4) is 11.5 Å². The van der Waals surface area contributed by atoms with Crippen LogP contribution in [0.15, 0.2) is 36.4 Å². The van der Waals surface area contributed by atoms with E-state index >= 15 is 0 Å². The minimum absolute atomic E-state index is 0.0703. The van der Waals surface area contributed by atoms with Gasteiger partial charge in [-0.1, -0.05) is 12.1 Å². The summed E-state index contributed by atoms with van der Waals surface area (Å²) < 4.78 is 5.86. The van der Waals surface area contributed by atoms with Crippen molar-refractivity contribution in [3.05, 3.63) is 63.2 Å². The molecular formula is C16H18N2O3. The number of nitro groups is 1. The third-order valence-electron chi connectivity index (χ3n) is 3.21. The number of hydrogen-bond donors (Lipinski definition) is 1. The molecule has 0 saturated heterocycles. The molecule has 0 fully saturated rings. The second-order valence-corrected chi connectivity index (χ2v) is 4.94. The molecule has 0 amide bonds. The third kappa shape index (κ3) is 3.58. The molecule has 110 valence electrons. The second-order valence-electron chi connectivity index (χ2n) is 4.94. The Bertz CT molecular complexity index is 669. The zero-order valence-electron chi connectivity index (χ0n) is 12.3. The van der Waals surface area contributed by atoms with Crippen LogP contribution >= 0.6 is 0 Å². The van der Waals surface area contributed by atoms with Crippen molar-refractivity contribution in [3.63, 3.8) is 0 Å². The molecule has 5 heteroatoms. The summed E-state index contributed by atoms with van der Waals surface area (Å²) in [6, 6.07) is 10.6. The monoisotopic (exact) mass is 286 g/mol. The van der Waals surface area contributed by atoms with E-state index in [4.69, 9.17) is 4.74 Å². The molecule has 0 radical (unpaired) electrons. The number of rotatable bonds is 5. The second kappa shape index (κ2) is 6.37. The molecule has 0 heterocycles. The predicted molar refractivity (Wildman–Crippen MR) is 81.9 cm³/mol. The van der Waals surface area contributed by atoms with Gasteiger partial charge in [-0.15, -0.1) is 0 Å². The van der Waals surface area contributed by atoms with Crippen LogP contribution in [0, 0.1) is 24.0 Å². The van der Waals surface area contributed by atoms with Crippen molar-refractivity contribution in [1.82, 2.24) is 5.32 Å². The van der Waals surface area contributed by atoms with Crippen molar-refractivity contribution in [2.45, 2.75) is 20.4 Å². The number of benzene rings is 2. The number of hydrogen-bond acceptors (Lipinski definition) is 4. The van der Waals surface area contributed by atoms with Crippen molar-refractivity contribution in [1.29, 1.82) is 0 Å². The van der Waals surface area contributed by atoms with Crippen LogP contribution in [0.3, 0.4) is 0 Å². The lowest BCUT2D eigenvalue weighted by Gasteiger charge is -2.12. The highest BCUT2D eigenvalue weighted by atomic mass is 16.6. The van der Waals surface area contributed by atoms with Crippen molar-refractivity contribution < 1.29 is 9.66 Å². The molecule has 0 atom stereocenters. The van der Waals surface area contributed by atoms with Crippen molar-refractivity contribution >= 4 is 5.69 Å². The van der Waals surface area contributed by atoms with E-state index in [1.165, 1.54) is 17.7 Å². The molecule has 1 N–H and O–H groups in total. The number of ether oxygens (including phenoxy) is 1. The molecule has 0 spiro atoms. The van der Waals surface area contributed by atoms with Gasteiger partial charge in [0.1, 0.15) is 11.5 Å². The largest absolute Gasteiger partial charge is 0.457 e. The molecule has 0 saturated carbocycles. The average Bonchev–Trinajstić information content (AvgIpc) is 2.43. The first-order chi connectivity index (χ1) is 10.0. The highest BCUT2D eigenvalue weighted by Gasteiger charge is 2.10. The number of nitrogens with zero attached hydrogens (tertiary/aromatic N) is 1. The zero-order chi connectivity index (χ0) is 15.4. The summed E-state index contributed by atoms with van der Waals surface area (Å²) in [4.78, 5) is 10.3. The van der Waals surface area contributed by atoms with Crippen LogP contribution in [0.25, 0.3) is 0 Å².